The summed E-state index contributed by atoms with van der Waals surface area (Å²) in [6, 6.07) is 3.76. The molecule has 33 heavy (non-hydrogen) atoms. The molecule has 0 spiro atoms. The number of fused-ring (bicyclic) bond motifs is 3. The predicted octanol–water partition coefficient (Wildman–Crippen LogP) is 3.72. The van der Waals surface area contributed by atoms with Crippen LogP contribution in [0.3, 0.4) is 0 Å². The Balaban J connectivity index is 1.41. The molecule has 3 aromatic rings. The third-order valence-corrected chi connectivity index (χ3v) is 6.93. The Morgan fingerprint density at radius 2 is 2.06 bits per heavy atom. The van der Waals surface area contributed by atoms with Crippen molar-refractivity contribution in [2.24, 2.45) is 0 Å². The van der Waals surface area contributed by atoms with Gasteiger partial charge in [0.05, 0.1) is 40.8 Å². The average molecular weight is 476 g/mol. The molecule has 1 fully saturated rings. The molecule has 1 amide bonds. The molecule has 10 heteroatoms. The number of likely N-dealkylation sites (tertiary alicyclic amines) is 1. The Labute approximate surface area is 194 Å². The highest BCUT2D eigenvalue weighted by Gasteiger charge is 2.34. The van der Waals surface area contributed by atoms with Crippen LogP contribution in [-0.4, -0.2) is 62.7 Å². The van der Waals surface area contributed by atoms with Crippen molar-refractivity contribution < 1.29 is 18.3 Å². The lowest BCUT2D eigenvalue weighted by molar-refractivity contribution is 0.0300. The van der Waals surface area contributed by atoms with E-state index in [4.69, 9.17) is 16.3 Å². The van der Waals surface area contributed by atoms with Crippen molar-refractivity contribution in [1.29, 1.82) is 0 Å². The van der Waals surface area contributed by atoms with Crippen LogP contribution in [0, 0.1) is 19.7 Å². The quantitative estimate of drug-likeness (QED) is 0.578. The minimum atomic E-state index is -1.22. The number of alkyl halides is 1. The van der Waals surface area contributed by atoms with Gasteiger partial charge < -0.3 is 14.5 Å². The van der Waals surface area contributed by atoms with E-state index in [1.54, 1.807) is 9.42 Å². The first-order chi connectivity index (χ1) is 15.7. The number of ether oxygens (including phenoxy) is 1. The van der Waals surface area contributed by atoms with Crippen LogP contribution in [0.4, 0.5) is 8.78 Å². The summed E-state index contributed by atoms with van der Waals surface area (Å²) in [6.07, 6.45) is -1.49. The van der Waals surface area contributed by atoms with Crippen molar-refractivity contribution in [2.75, 3.05) is 20.1 Å². The number of piperidine rings is 1. The van der Waals surface area contributed by atoms with Gasteiger partial charge in [0.25, 0.3) is 5.91 Å². The van der Waals surface area contributed by atoms with E-state index in [-0.39, 0.29) is 30.3 Å². The van der Waals surface area contributed by atoms with E-state index in [0.717, 1.165) is 23.0 Å². The Bertz CT molecular complexity index is 1260. The van der Waals surface area contributed by atoms with Gasteiger partial charge in [0.15, 0.2) is 5.65 Å². The van der Waals surface area contributed by atoms with Gasteiger partial charge in [-0.3, -0.25) is 4.79 Å². The number of rotatable bonds is 3. The topological polar surface area (TPSA) is 63.0 Å². The van der Waals surface area contributed by atoms with Gasteiger partial charge in [0.2, 0.25) is 0 Å². The maximum Gasteiger partial charge on any atom is 0.258 e. The molecular weight excluding hydrogens is 452 g/mol. The summed E-state index contributed by atoms with van der Waals surface area (Å²) in [5.41, 5.74) is 3.95. The fraction of sp³-hybridized carbons (Fsp3) is 0.435. The van der Waals surface area contributed by atoms with E-state index in [2.05, 4.69) is 10.1 Å². The van der Waals surface area contributed by atoms with Gasteiger partial charge in [-0.1, -0.05) is 11.6 Å². The predicted molar refractivity (Wildman–Crippen MR) is 119 cm³/mol. The average Bonchev–Trinajstić information content (AvgIpc) is 3.33. The molecule has 7 nitrogen and oxygen atoms in total. The second-order valence-electron chi connectivity index (χ2n) is 8.78. The molecule has 4 heterocycles. The Hall–Kier alpha value is -2.78. The van der Waals surface area contributed by atoms with Crippen molar-refractivity contribution in [1.82, 2.24) is 24.4 Å². The van der Waals surface area contributed by atoms with Gasteiger partial charge in [-0.2, -0.15) is 5.10 Å². The van der Waals surface area contributed by atoms with E-state index in [9.17, 15) is 13.6 Å². The van der Waals surface area contributed by atoms with E-state index in [1.807, 2.05) is 25.8 Å². The summed E-state index contributed by atoms with van der Waals surface area (Å²) < 4.78 is 36.1. The van der Waals surface area contributed by atoms with Crippen molar-refractivity contribution in [3.8, 4) is 5.75 Å². The summed E-state index contributed by atoms with van der Waals surface area (Å²) in [4.78, 5) is 21.4. The molecule has 0 aliphatic carbocycles. The number of hydrogen-bond acceptors (Lipinski definition) is 5. The van der Waals surface area contributed by atoms with E-state index >= 15 is 0 Å². The molecule has 0 unspecified atom stereocenters. The van der Waals surface area contributed by atoms with Gasteiger partial charge in [0, 0.05) is 24.7 Å². The van der Waals surface area contributed by atoms with Crippen LogP contribution in [0.5, 0.6) is 5.75 Å². The first-order valence-corrected chi connectivity index (χ1v) is 11.2. The molecule has 0 N–H and O–H groups in total. The largest absolute Gasteiger partial charge is 0.486 e. The van der Waals surface area contributed by atoms with Crippen molar-refractivity contribution in [3.05, 3.63) is 57.2 Å². The number of aromatic nitrogens is 3. The van der Waals surface area contributed by atoms with Crippen LogP contribution in [-0.2, 0) is 13.1 Å². The summed E-state index contributed by atoms with van der Waals surface area (Å²) in [5, 5.41) is 5.16. The highest BCUT2D eigenvalue weighted by molar-refractivity contribution is 6.31. The third-order valence-electron chi connectivity index (χ3n) is 6.38. The highest BCUT2D eigenvalue weighted by atomic mass is 35.5. The van der Waals surface area contributed by atoms with E-state index in [1.165, 1.54) is 12.1 Å². The van der Waals surface area contributed by atoms with Gasteiger partial charge in [0.1, 0.15) is 23.8 Å². The number of nitrogens with zero attached hydrogens (tertiary/aromatic N) is 5. The standard InChI is InChI=1S/C23H24ClF2N5O2/c1-12-21(24)13(2)31-22(27-12)16-9-30(11-18(16)28-31)23(32)15-5-4-14(25)8-20(15)33-19-6-7-29(3)10-17(19)26/h4-5,8,17,19H,6-7,9-11H2,1-3H3/t17-,19-/m0/s1. The molecule has 2 aromatic heterocycles. The Morgan fingerprint density at radius 1 is 1.27 bits per heavy atom. The summed E-state index contributed by atoms with van der Waals surface area (Å²) >= 11 is 6.31. The van der Waals surface area contributed by atoms with Crippen LogP contribution in [0.2, 0.25) is 5.02 Å². The summed E-state index contributed by atoms with van der Waals surface area (Å²) in [7, 11) is 1.84. The van der Waals surface area contributed by atoms with Crippen LogP contribution in [0.1, 0.15) is 39.4 Å². The SMILES string of the molecule is Cc1nc2c3c(nn2c(C)c1Cl)CN(C(=O)c1ccc(F)cc1O[C@H]1CCN(C)C[C@@H]1F)C3. The number of aryl methyl sites for hydroxylation is 2. The lowest BCUT2D eigenvalue weighted by atomic mass is 10.1. The zero-order chi connectivity index (χ0) is 23.4. The van der Waals surface area contributed by atoms with Crippen LogP contribution >= 0.6 is 11.6 Å². The molecule has 2 aliphatic heterocycles. The highest BCUT2D eigenvalue weighted by Crippen LogP contribution is 2.32. The summed E-state index contributed by atoms with van der Waals surface area (Å²) in [6.45, 7) is 5.20. The molecule has 0 radical (unpaired) electrons. The smallest absolute Gasteiger partial charge is 0.258 e. The Morgan fingerprint density at radius 3 is 2.82 bits per heavy atom. The van der Waals surface area contributed by atoms with Crippen molar-refractivity contribution >= 4 is 23.2 Å². The number of halogens is 3. The molecule has 5 rings (SSSR count). The lowest BCUT2D eigenvalue weighted by Crippen LogP contribution is -2.45. The minimum absolute atomic E-state index is 0.0626. The van der Waals surface area contributed by atoms with E-state index in [0.29, 0.717) is 35.9 Å². The molecule has 1 aromatic carbocycles. The molecule has 174 valence electrons. The zero-order valence-electron chi connectivity index (χ0n) is 18.6. The number of benzene rings is 1. The molecule has 0 bridgehead atoms. The molecule has 2 atom stereocenters. The molecule has 1 saturated heterocycles. The molecule has 0 saturated carbocycles. The van der Waals surface area contributed by atoms with E-state index < -0.39 is 18.1 Å². The first kappa shape index (κ1) is 22.0. The number of carbonyl (C=O) groups is 1. The van der Waals surface area contributed by atoms with Crippen LogP contribution < -0.4 is 4.74 Å². The fourth-order valence-corrected chi connectivity index (χ4v) is 4.65. The first-order valence-electron chi connectivity index (χ1n) is 10.8. The lowest BCUT2D eigenvalue weighted by Gasteiger charge is -2.33. The number of amides is 1. The van der Waals surface area contributed by atoms with Gasteiger partial charge in [-0.05, 0) is 39.4 Å². The molecule has 2 aliphatic rings. The van der Waals surface area contributed by atoms with Gasteiger partial charge in [-0.15, -0.1) is 0 Å². The maximum absolute atomic E-state index is 14.5. The fourth-order valence-electron chi connectivity index (χ4n) is 4.53. The Kier molecular flexibility index (Phi) is 5.49. The second-order valence-corrected chi connectivity index (χ2v) is 9.16. The summed E-state index contributed by atoms with van der Waals surface area (Å²) in [5.74, 6) is -0.807. The third kappa shape index (κ3) is 3.83. The van der Waals surface area contributed by atoms with Crippen LogP contribution in [0.15, 0.2) is 18.2 Å². The second kappa shape index (κ2) is 8.22. The minimum Gasteiger partial charge on any atom is -0.486 e. The van der Waals surface area contributed by atoms with Gasteiger partial charge >= 0.3 is 0 Å². The number of hydrogen-bond donors (Lipinski definition) is 0. The normalized spacial score (nSPS) is 21.0. The van der Waals surface area contributed by atoms with Crippen LogP contribution in [0.25, 0.3) is 5.65 Å². The number of carbonyl (C=O) groups excluding carboxylic acids is 1. The van der Waals surface area contributed by atoms with Crippen molar-refractivity contribution in [2.45, 2.75) is 45.6 Å². The maximum atomic E-state index is 14.5. The molecular formula is C23H24ClF2N5O2. The van der Waals surface area contributed by atoms with Gasteiger partial charge in [-0.25, -0.2) is 18.3 Å². The van der Waals surface area contributed by atoms with Crippen molar-refractivity contribution in [3.63, 3.8) is 0 Å². The zero-order valence-corrected chi connectivity index (χ0v) is 19.4. The monoisotopic (exact) mass is 475 g/mol.